The molecule has 1 fully saturated rings. The fourth-order valence-electron chi connectivity index (χ4n) is 4.36. The van der Waals surface area contributed by atoms with Crippen molar-refractivity contribution < 1.29 is 9.59 Å². The number of amides is 2. The van der Waals surface area contributed by atoms with E-state index in [2.05, 4.69) is 18.3 Å². The van der Waals surface area contributed by atoms with Crippen molar-refractivity contribution in [3.05, 3.63) is 107 Å². The summed E-state index contributed by atoms with van der Waals surface area (Å²) in [6.45, 7) is 4.10. The van der Waals surface area contributed by atoms with Gasteiger partial charge in [0, 0.05) is 16.9 Å². The standard InChI is InChI=1S/C28H24N2O2S/c1-18-10-15-25(19(2)16-18)30-26(31)17-33-28(30)21-11-13-22(14-12-21)29-27(32)24-9-5-7-20-6-3-4-8-23(20)24/h3-16,28H,17H2,1-2H3,(H,29,32). The number of thioether (sulfide) groups is 1. The molecule has 1 aliphatic heterocycles. The van der Waals surface area contributed by atoms with Gasteiger partial charge in [-0.1, -0.05) is 66.2 Å². The van der Waals surface area contributed by atoms with Crippen LogP contribution < -0.4 is 10.2 Å². The van der Waals surface area contributed by atoms with E-state index in [9.17, 15) is 9.59 Å². The lowest BCUT2D eigenvalue weighted by Crippen LogP contribution is -2.28. The van der Waals surface area contributed by atoms with E-state index in [-0.39, 0.29) is 17.2 Å². The molecule has 0 saturated carbocycles. The first kappa shape index (κ1) is 21.3. The van der Waals surface area contributed by atoms with Crippen LogP contribution in [0.2, 0.25) is 0 Å². The molecule has 1 aliphatic rings. The predicted octanol–water partition coefficient (Wildman–Crippen LogP) is 6.49. The molecule has 0 spiro atoms. The molecule has 4 nitrogen and oxygen atoms in total. The van der Waals surface area contributed by atoms with Gasteiger partial charge in [0.25, 0.3) is 5.91 Å². The fourth-order valence-corrected chi connectivity index (χ4v) is 5.53. The normalized spacial score (nSPS) is 15.8. The van der Waals surface area contributed by atoms with Crippen molar-refractivity contribution in [2.45, 2.75) is 19.2 Å². The molecule has 1 unspecified atom stereocenters. The van der Waals surface area contributed by atoms with Crippen LogP contribution in [0, 0.1) is 13.8 Å². The number of carbonyl (C=O) groups is 2. The first-order valence-electron chi connectivity index (χ1n) is 10.9. The van der Waals surface area contributed by atoms with Crippen molar-refractivity contribution in [2.75, 3.05) is 16.0 Å². The highest BCUT2D eigenvalue weighted by Crippen LogP contribution is 2.43. The number of benzene rings is 4. The number of fused-ring (bicyclic) bond motifs is 1. The van der Waals surface area contributed by atoms with Crippen molar-refractivity contribution in [2.24, 2.45) is 0 Å². The van der Waals surface area contributed by atoms with E-state index in [1.807, 2.05) is 90.7 Å². The number of anilines is 2. The van der Waals surface area contributed by atoms with Crippen LogP contribution in [0.4, 0.5) is 11.4 Å². The predicted molar refractivity (Wildman–Crippen MR) is 137 cm³/mol. The Morgan fingerprint density at radius 3 is 2.48 bits per heavy atom. The fraction of sp³-hybridized carbons (Fsp3) is 0.143. The van der Waals surface area contributed by atoms with Crippen molar-refractivity contribution in [3.8, 4) is 0 Å². The number of hydrogen-bond acceptors (Lipinski definition) is 3. The van der Waals surface area contributed by atoms with Gasteiger partial charge in [0.15, 0.2) is 0 Å². The maximum Gasteiger partial charge on any atom is 0.256 e. The van der Waals surface area contributed by atoms with Crippen molar-refractivity contribution in [3.63, 3.8) is 0 Å². The molecule has 0 aliphatic carbocycles. The molecule has 1 atom stereocenters. The number of nitrogens with one attached hydrogen (secondary N) is 1. The lowest BCUT2D eigenvalue weighted by atomic mass is 10.0. The number of hydrogen-bond donors (Lipinski definition) is 1. The van der Waals surface area contributed by atoms with Gasteiger partial charge in [-0.15, -0.1) is 11.8 Å². The molecule has 0 aromatic heterocycles. The highest BCUT2D eigenvalue weighted by molar-refractivity contribution is 8.00. The molecule has 4 aromatic carbocycles. The molecule has 5 heteroatoms. The van der Waals surface area contributed by atoms with Crippen LogP contribution >= 0.6 is 11.8 Å². The third-order valence-corrected chi connectivity index (χ3v) is 7.18. The highest BCUT2D eigenvalue weighted by Gasteiger charge is 2.34. The summed E-state index contributed by atoms with van der Waals surface area (Å²) in [5.41, 5.74) is 5.63. The molecular weight excluding hydrogens is 428 g/mol. The van der Waals surface area contributed by atoms with Gasteiger partial charge in [0.05, 0.1) is 5.75 Å². The zero-order valence-electron chi connectivity index (χ0n) is 18.5. The van der Waals surface area contributed by atoms with Crippen LogP contribution in [-0.4, -0.2) is 17.6 Å². The quantitative estimate of drug-likeness (QED) is 0.385. The number of rotatable bonds is 4. The molecule has 5 rings (SSSR count). The largest absolute Gasteiger partial charge is 0.322 e. The first-order chi connectivity index (χ1) is 16.0. The van der Waals surface area contributed by atoms with Crippen molar-refractivity contribution >= 4 is 45.7 Å². The molecule has 2 amide bonds. The van der Waals surface area contributed by atoms with Crippen molar-refractivity contribution in [1.29, 1.82) is 0 Å². The lowest BCUT2D eigenvalue weighted by Gasteiger charge is -2.26. The van der Waals surface area contributed by atoms with Crippen LogP contribution in [0.3, 0.4) is 0 Å². The van der Waals surface area contributed by atoms with Crippen LogP contribution in [0.5, 0.6) is 0 Å². The summed E-state index contributed by atoms with van der Waals surface area (Å²) in [7, 11) is 0. The van der Waals surface area contributed by atoms with Crippen LogP contribution in [0.1, 0.15) is 32.4 Å². The summed E-state index contributed by atoms with van der Waals surface area (Å²) in [5, 5.41) is 4.89. The molecule has 33 heavy (non-hydrogen) atoms. The smallest absolute Gasteiger partial charge is 0.256 e. The van der Waals surface area contributed by atoms with E-state index >= 15 is 0 Å². The zero-order chi connectivity index (χ0) is 22.9. The Bertz CT molecular complexity index is 1360. The monoisotopic (exact) mass is 452 g/mol. The summed E-state index contributed by atoms with van der Waals surface area (Å²) in [6, 6.07) is 27.6. The van der Waals surface area contributed by atoms with E-state index in [1.165, 1.54) is 5.56 Å². The van der Waals surface area contributed by atoms with Gasteiger partial charge in [-0.05, 0) is 60.0 Å². The average Bonchev–Trinajstić information content (AvgIpc) is 3.20. The van der Waals surface area contributed by atoms with E-state index < -0.39 is 0 Å². The van der Waals surface area contributed by atoms with Gasteiger partial charge in [-0.2, -0.15) is 0 Å². The summed E-state index contributed by atoms with van der Waals surface area (Å²) < 4.78 is 0. The molecule has 1 heterocycles. The van der Waals surface area contributed by atoms with Crippen LogP contribution in [-0.2, 0) is 4.79 Å². The third-order valence-electron chi connectivity index (χ3n) is 5.97. The minimum atomic E-state index is -0.137. The topological polar surface area (TPSA) is 49.4 Å². The summed E-state index contributed by atoms with van der Waals surface area (Å²) >= 11 is 1.63. The van der Waals surface area contributed by atoms with Crippen molar-refractivity contribution in [1.82, 2.24) is 0 Å². The molecule has 164 valence electrons. The van der Waals surface area contributed by atoms with Gasteiger partial charge in [0.1, 0.15) is 5.37 Å². The lowest BCUT2D eigenvalue weighted by molar-refractivity contribution is -0.115. The molecule has 1 N–H and O–H groups in total. The summed E-state index contributed by atoms with van der Waals surface area (Å²) in [6.07, 6.45) is 0. The van der Waals surface area contributed by atoms with E-state index in [0.29, 0.717) is 11.3 Å². The van der Waals surface area contributed by atoms with E-state index in [4.69, 9.17) is 0 Å². The maximum atomic E-state index is 12.9. The van der Waals surface area contributed by atoms with Crippen LogP contribution in [0.25, 0.3) is 10.8 Å². The molecule has 0 radical (unpaired) electrons. The van der Waals surface area contributed by atoms with Gasteiger partial charge < -0.3 is 5.32 Å². The summed E-state index contributed by atoms with van der Waals surface area (Å²) in [5.74, 6) is 0.435. The Labute approximate surface area is 197 Å². The van der Waals surface area contributed by atoms with Gasteiger partial charge in [-0.25, -0.2) is 0 Å². The Kier molecular flexibility index (Phi) is 5.65. The maximum absolute atomic E-state index is 12.9. The van der Waals surface area contributed by atoms with Crippen LogP contribution in [0.15, 0.2) is 84.9 Å². The second-order valence-electron chi connectivity index (χ2n) is 8.32. The minimum absolute atomic E-state index is 0.0817. The average molecular weight is 453 g/mol. The second-order valence-corrected chi connectivity index (χ2v) is 9.39. The van der Waals surface area contributed by atoms with Gasteiger partial charge in [-0.3, -0.25) is 14.5 Å². The Balaban J connectivity index is 1.38. The Morgan fingerprint density at radius 2 is 1.70 bits per heavy atom. The summed E-state index contributed by atoms with van der Waals surface area (Å²) in [4.78, 5) is 27.6. The number of carbonyl (C=O) groups excluding carboxylic acids is 2. The third kappa shape index (κ3) is 4.12. The minimum Gasteiger partial charge on any atom is -0.322 e. The SMILES string of the molecule is Cc1ccc(N2C(=O)CSC2c2ccc(NC(=O)c3cccc4ccccc34)cc2)c(C)c1. The molecular formula is C28H24N2O2S. The number of aryl methyl sites for hydroxylation is 2. The molecule has 0 bridgehead atoms. The van der Waals surface area contributed by atoms with Gasteiger partial charge >= 0.3 is 0 Å². The zero-order valence-corrected chi connectivity index (χ0v) is 19.4. The molecule has 4 aromatic rings. The number of nitrogens with zero attached hydrogens (tertiary/aromatic N) is 1. The van der Waals surface area contributed by atoms with E-state index in [1.54, 1.807) is 11.8 Å². The van der Waals surface area contributed by atoms with Gasteiger partial charge in [0.2, 0.25) is 5.91 Å². The second kappa shape index (κ2) is 8.75. The Hall–Kier alpha value is -3.57. The first-order valence-corrected chi connectivity index (χ1v) is 12.0. The molecule has 1 saturated heterocycles. The van der Waals surface area contributed by atoms with E-state index in [0.717, 1.165) is 33.3 Å². The Morgan fingerprint density at radius 1 is 0.939 bits per heavy atom. The highest BCUT2D eigenvalue weighted by atomic mass is 32.2.